The lowest BCUT2D eigenvalue weighted by atomic mass is 9.88. The molecule has 27 heavy (non-hydrogen) atoms. The Labute approximate surface area is 166 Å². The molecular weight excluding hydrogens is 358 g/mol. The van der Waals surface area contributed by atoms with Gasteiger partial charge in [0.05, 0.1) is 5.01 Å². The lowest BCUT2D eigenvalue weighted by Gasteiger charge is -2.26. The van der Waals surface area contributed by atoms with Crippen LogP contribution >= 0.6 is 11.3 Å². The van der Waals surface area contributed by atoms with Gasteiger partial charge in [-0.1, -0.05) is 19.3 Å². The molecule has 1 aliphatic heterocycles. The fraction of sp³-hybridized carbons (Fsp3) is 0.750. The molecule has 1 atom stereocenters. The van der Waals surface area contributed by atoms with Crippen molar-refractivity contribution in [3.63, 3.8) is 0 Å². The average Bonchev–Trinajstić information content (AvgIpc) is 3.31. The summed E-state index contributed by atoms with van der Waals surface area (Å²) in [6, 6.07) is 0.289. The smallest absolute Gasteiger partial charge is 0.225 e. The Morgan fingerprint density at radius 2 is 2.15 bits per heavy atom. The summed E-state index contributed by atoms with van der Waals surface area (Å²) >= 11 is 1.74. The second kappa shape index (κ2) is 10.1. The van der Waals surface area contributed by atoms with Gasteiger partial charge in [0.25, 0.3) is 0 Å². The van der Waals surface area contributed by atoms with Crippen LogP contribution in [-0.2, 0) is 11.2 Å². The summed E-state index contributed by atoms with van der Waals surface area (Å²) < 4.78 is 0. The quantitative estimate of drug-likeness (QED) is 0.578. The minimum Gasteiger partial charge on any atom is -0.357 e. The van der Waals surface area contributed by atoms with Crippen LogP contribution in [-0.4, -0.2) is 54.0 Å². The van der Waals surface area contributed by atoms with E-state index in [2.05, 4.69) is 34.4 Å². The number of guanidine groups is 1. The van der Waals surface area contributed by atoms with E-state index in [0.717, 1.165) is 62.8 Å². The van der Waals surface area contributed by atoms with Gasteiger partial charge in [0.15, 0.2) is 5.96 Å². The summed E-state index contributed by atoms with van der Waals surface area (Å²) in [6.07, 6.45) is 9.65. The minimum atomic E-state index is 0.265. The SMILES string of the molecule is CCNC(=NCCc1ncc(C)s1)NC1CCN(C(=O)C2CCCCC2)C1. The van der Waals surface area contributed by atoms with Crippen LogP contribution in [0.25, 0.3) is 0 Å². The van der Waals surface area contributed by atoms with E-state index in [4.69, 9.17) is 4.99 Å². The number of likely N-dealkylation sites (tertiary alicyclic amines) is 1. The number of amides is 1. The largest absolute Gasteiger partial charge is 0.357 e. The highest BCUT2D eigenvalue weighted by atomic mass is 32.1. The Morgan fingerprint density at radius 1 is 1.33 bits per heavy atom. The number of aromatic nitrogens is 1. The highest BCUT2D eigenvalue weighted by Crippen LogP contribution is 2.26. The standard InChI is InChI=1S/C20H33N5OS/c1-3-21-20(22-11-9-18-23-13-15(2)27-18)24-17-10-12-25(14-17)19(26)16-7-5-4-6-8-16/h13,16-17H,3-12,14H2,1-2H3,(H2,21,22,24). The number of aliphatic imine (C=N–C) groups is 1. The monoisotopic (exact) mass is 391 g/mol. The topological polar surface area (TPSA) is 69.6 Å². The molecule has 0 bridgehead atoms. The molecule has 1 aliphatic carbocycles. The molecule has 6 nitrogen and oxygen atoms in total. The van der Waals surface area contributed by atoms with Crippen LogP contribution in [0.15, 0.2) is 11.2 Å². The van der Waals surface area contributed by atoms with Gasteiger partial charge in [-0.05, 0) is 33.1 Å². The Hall–Kier alpha value is -1.63. The van der Waals surface area contributed by atoms with E-state index in [1.54, 1.807) is 11.3 Å². The number of carbonyl (C=O) groups is 1. The molecule has 1 saturated carbocycles. The van der Waals surface area contributed by atoms with Crippen LogP contribution in [0.2, 0.25) is 0 Å². The first-order chi connectivity index (χ1) is 13.2. The molecule has 0 aromatic carbocycles. The van der Waals surface area contributed by atoms with Crippen molar-refractivity contribution < 1.29 is 4.79 Å². The average molecular weight is 392 g/mol. The first kappa shape index (κ1) is 20.1. The van der Waals surface area contributed by atoms with Crippen LogP contribution in [0, 0.1) is 12.8 Å². The van der Waals surface area contributed by atoms with Crippen molar-refractivity contribution in [3.05, 3.63) is 16.1 Å². The Balaban J connectivity index is 1.47. The summed E-state index contributed by atoms with van der Waals surface area (Å²) in [5.41, 5.74) is 0. The number of hydrogen-bond acceptors (Lipinski definition) is 4. The van der Waals surface area contributed by atoms with Crippen LogP contribution in [0.3, 0.4) is 0 Å². The molecule has 3 rings (SSSR count). The maximum absolute atomic E-state index is 12.7. The molecule has 1 saturated heterocycles. The van der Waals surface area contributed by atoms with Gasteiger partial charge >= 0.3 is 0 Å². The number of aryl methyl sites for hydroxylation is 1. The van der Waals surface area contributed by atoms with Gasteiger partial charge in [-0.2, -0.15) is 0 Å². The van der Waals surface area contributed by atoms with Gasteiger partial charge < -0.3 is 15.5 Å². The highest BCUT2D eigenvalue weighted by Gasteiger charge is 2.31. The fourth-order valence-electron chi connectivity index (χ4n) is 3.98. The summed E-state index contributed by atoms with van der Waals surface area (Å²) in [5.74, 6) is 1.49. The van der Waals surface area contributed by atoms with Crippen molar-refractivity contribution in [2.45, 2.75) is 64.8 Å². The van der Waals surface area contributed by atoms with Crippen LogP contribution in [0.5, 0.6) is 0 Å². The number of nitrogens with zero attached hydrogens (tertiary/aromatic N) is 3. The molecule has 0 spiro atoms. The molecule has 1 aromatic rings. The lowest BCUT2D eigenvalue weighted by Crippen LogP contribution is -2.45. The zero-order valence-electron chi connectivity index (χ0n) is 16.7. The maximum atomic E-state index is 12.7. The van der Waals surface area contributed by atoms with Crippen LogP contribution in [0.4, 0.5) is 0 Å². The Bertz CT molecular complexity index is 638. The van der Waals surface area contributed by atoms with Gasteiger partial charge in [-0.3, -0.25) is 9.79 Å². The number of hydrogen-bond donors (Lipinski definition) is 2. The predicted octanol–water partition coefficient (Wildman–Crippen LogP) is 2.73. The molecule has 2 fully saturated rings. The first-order valence-electron chi connectivity index (χ1n) is 10.4. The summed E-state index contributed by atoms with van der Waals surface area (Å²) in [6.45, 7) is 7.38. The van der Waals surface area contributed by atoms with E-state index in [0.29, 0.717) is 5.91 Å². The first-order valence-corrected chi connectivity index (χ1v) is 11.2. The molecule has 0 radical (unpaired) electrons. The summed E-state index contributed by atoms with van der Waals surface area (Å²) in [7, 11) is 0. The van der Waals surface area contributed by atoms with Crippen molar-refractivity contribution in [1.82, 2.24) is 20.5 Å². The van der Waals surface area contributed by atoms with E-state index < -0.39 is 0 Å². The highest BCUT2D eigenvalue weighted by molar-refractivity contribution is 7.11. The predicted molar refractivity (Wildman–Crippen MR) is 111 cm³/mol. The second-order valence-corrected chi connectivity index (χ2v) is 8.94. The van der Waals surface area contributed by atoms with Crippen molar-refractivity contribution in [1.29, 1.82) is 0 Å². The van der Waals surface area contributed by atoms with Gasteiger partial charge in [-0.15, -0.1) is 11.3 Å². The van der Waals surface area contributed by atoms with Gasteiger partial charge in [0.2, 0.25) is 5.91 Å². The van der Waals surface area contributed by atoms with E-state index >= 15 is 0 Å². The maximum Gasteiger partial charge on any atom is 0.225 e. The van der Waals surface area contributed by atoms with Crippen molar-refractivity contribution in [2.24, 2.45) is 10.9 Å². The van der Waals surface area contributed by atoms with Crippen molar-refractivity contribution >= 4 is 23.2 Å². The molecule has 1 amide bonds. The summed E-state index contributed by atoms with van der Waals surface area (Å²) in [4.78, 5) is 25.1. The van der Waals surface area contributed by atoms with Gasteiger partial charge in [0.1, 0.15) is 0 Å². The van der Waals surface area contributed by atoms with Gasteiger partial charge in [-0.25, -0.2) is 4.98 Å². The van der Waals surface area contributed by atoms with Gasteiger partial charge in [0, 0.05) is 55.6 Å². The van der Waals surface area contributed by atoms with Crippen molar-refractivity contribution in [3.8, 4) is 0 Å². The van der Waals surface area contributed by atoms with Crippen LogP contribution < -0.4 is 10.6 Å². The normalized spacial score (nSPS) is 21.5. The molecule has 2 N–H and O–H groups in total. The van der Waals surface area contributed by atoms with E-state index in [-0.39, 0.29) is 12.0 Å². The summed E-state index contributed by atoms with van der Waals surface area (Å²) in [5, 5.41) is 7.99. The molecule has 1 aromatic heterocycles. The molecular formula is C20H33N5OS. The van der Waals surface area contributed by atoms with E-state index in [1.807, 2.05) is 6.20 Å². The second-order valence-electron chi connectivity index (χ2n) is 7.62. The zero-order chi connectivity index (χ0) is 19.1. The van der Waals surface area contributed by atoms with Crippen molar-refractivity contribution in [2.75, 3.05) is 26.2 Å². The number of thiazole rings is 1. The molecule has 2 aliphatic rings. The van der Waals surface area contributed by atoms with E-state index in [9.17, 15) is 4.79 Å². The Kier molecular flexibility index (Phi) is 7.50. The molecule has 1 unspecified atom stereocenters. The fourth-order valence-corrected chi connectivity index (χ4v) is 4.76. The third-order valence-corrected chi connectivity index (χ3v) is 6.38. The molecule has 150 valence electrons. The Morgan fingerprint density at radius 3 is 2.85 bits per heavy atom. The minimum absolute atomic E-state index is 0.265. The third-order valence-electron chi connectivity index (χ3n) is 5.40. The zero-order valence-corrected chi connectivity index (χ0v) is 17.5. The molecule has 2 heterocycles. The van der Waals surface area contributed by atoms with Crippen LogP contribution in [0.1, 0.15) is 55.3 Å². The lowest BCUT2D eigenvalue weighted by molar-refractivity contribution is -0.135. The number of rotatable bonds is 6. The number of nitrogens with one attached hydrogen (secondary N) is 2. The third kappa shape index (κ3) is 5.92. The van der Waals surface area contributed by atoms with E-state index in [1.165, 1.54) is 24.1 Å². The molecule has 7 heteroatoms. The number of carbonyl (C=O) groups excluding carboxylic acids is 1.